The van der Waals surface area contributed by atoms with E-state index in [-0.39, 0.29) is 34.9 Å². The summed E-state index contributed by atoms with van der Waals surface area (Å²) in [5, 5.41) is 3.82. The van der Waals surface area contributed by atoms with Crippen LogP contribution in [0, 0.1) is 0 Å². The van der Waals surface area contributed by atoms with Crippen molar-refractivity contribution in [1.29, 1.82) is 0 Å². The van der Waals surface area contributed by atoms with Crippen molar-refractivity contribution in [2.45, 2.75) is 84.5 Å². The van der Waals surface area contributed by atoms with E-state index in [0.717, 1.165) is 41.4 Å². The Morgan fingerprint density at radius 2 is 1.67 bits per heavy atom. The number of benzene rings is 2. The average molecular weight is 643 g/mol. The van der Waals surface area contributed by atoms with E-state index in [2.05, 4.69) is 26.8 Å². The number of para-hydroxylation sites is 1. The van der Waals surface area contributed by atoms with E-state index in [4.69, 9.17) is 14.2 Å². The molecule has 1 fully saturated rings. The standard InChI is InChI=1S/C33H46N4O7S/c1-20(37-15-13-23(14-16-37)43-31(39)44-33(5,6)7)24-12-10-11-21-17-27(34-28(21)24)30(38)35-25-18-22(32(2,3)4)19-26(29(25)42-8)36-45(9,40)41/h10-12,17-20,23,34,36H,13-16H2,1-9H3,(H,35,38). The van der Waals surface area contributed by atoms with Gasteiger partial charge in [0.25, 0.3) is 5.91 Å². The van der Waals surface area contributed by atoms with Crippen molar-refractivity contribution in [2.75, 3.05) is 36.5 Å². The maximum Gasteiger partial charge on any atom is 0.509 e. The van der Waals surface area contributed by atoms with Crippen molar-refractivity contribution in [1.82, 2.24) is 9.88 Å². The van der Waals surface area contributed by atoms with Crippen LogP contribution in [0.5, 0.6) is 5.75 Å². The number of methoxy groups -OCH3 is 1. The van der Waals surface area contributed by atoms with Gasteiger partial charge in [-0.15, -0.1) is 0 Å². The molecule has 1 saturated heterocycles. The van der Waals surface area contributed by atoms with Crippen molar-refractivity contribution >= 4 is 44.4 Å². The Balaban J connectivity index is 1.54. The first-order chi connectivity index (χ1) is 20.8. The molecular weight excluding hydrogens is 596 g/mol. The first kappa shape index (κ1) is 34.1. The number of carbonyl (C=O) groups excluding carboxylic acids is 2. The molecule has 4 rings (SSSR count). The van der Waals surface area contributed by atoms with Gasteiger partial charge in [-0.3, -0.25) is 14.4 Å². The molecule has 0 aliphatic carbocycles. The Morgan fingerprint density at radius 3 is 2.24 bits per heavy atom. The maximum absolute atomic E-state index is 13.6. The minimum atomic E-state index is -3.60. The van der Waals surface area contributed by atoms with E-state index in [1.165, 1.54) is 7.11 Å². The number of carbonyl (C=O) groups is 2. The molecule has 0 spiro atoms. The van der Waals surface area contributed by atoms with Gasteiger partial charge in [0, 0.05) is 24.5 Å². The van der Waals surface area contributed by atoms with E-state index in [1.807, 2.05) is 59.7 Å². The number of hydrogen-bond donors (Lipinski definition) is 3. The molecule has 1 amide bonds. The number of ether oxygens (including phenoxy) is 3. The SMILES string of the molecule is COc1c(NC(=O)c2cc3cccc(C(C)N4CCC(OC(=O)OC(C)(C)C)CC4)c3[nH]2)cc(C(C)(C)C)cc1NS(C)(=O)=O. The third kappa shape index (κ3) is 8.70. The molecular formula is C33H46N4O7S. The van der Waals surface area contributed by atoms with E-state index in [0.29, 0.717) is 24.2 Å². The number of H-pyrrole nitrogens is 1. The van der Waals surface area contributed by atoms with E-state index in [1.54, 1.807) is 18.2 Å². The van der Waals surface area contributed by atoms with Gasteiger partial charge in [-0.05, 0) is 75.3 Å². The van der Waals surface area contributed by atoms with Crippen molar-refractivity contribution in [2.24, 2.45) is 0 Å². The highest BCUT2D eigenvalue weighted by molar-refractivity contribution is 7.92. The molecule has 1 atom stereocenters. The number of likely N-dealkylation sites (tertiary alicyclic amines) is 1. The highest BCUT2D eigenvalue weighted by Gasteiger charge is 2.29. The molecule has 12 heteroatoms. The zero-order valence-electron chi connectivity index (χ0n) is 27.7. The summed E-state index contributed by atoms with van der Waals surface area (Å²) in [4.78, 5) is 31.4. The molecule has 2 aromatic carbocycles. The number of sulfonamides is 1. The van der Waals surface area contributed by atoms with Crippen molar-refractivity contribution < 1.29 is 32.2 Å². The molecule has 1 aromatic heterocycles. The second-order valence-electron chi connectivity index (χ2n) is 13.7. The van der Waals surface area contributed by atoms with E-state index in [9.17, 15) is 18.0 Å². The number of piperidine rings is 1. The van der Waals surface area contributed by atoms with Crippen LogP contribution in [0.2, 0.25) is 0 Å². The quantitative estimate of drug-likeness (QED) is 0.234. The third-order valence-corrected chi connectivity index (χ3v) is 8.35. The van der Waals surface area contributed by atoms with E-state index < -0.39 is 21.8 Å². The molecule has 3 N–H and O–H groups in total. The summed E-state index contributed by atoms with van der Waals surface area (Å²) in [7, 11) is -2.18. The lowest BCUT2D eigenvalue weighted by atomic mass is 9.86. The van der Waals surface area contributed by atoms with Gasteiger partial charge in [0.05, 0.1) is 30.3 Å². The van der Waals surface area contributed by atoms with Crippen LogP contribution in [-0.2, 0) is 24.9 Å². The second-order valence-corrected chi connectivity index (χ2v) is 15.4. The number of rotatable bonds is 8. The summed E-state index contributed by atoms with van der Waals surface area (Å²) in [5.41, 5.74) is 2.75. The number of aromatic nitrogens is 1. The van der Waals surface area contributed by atoms with Crippen LogP contribution < -0.4 is 14.8 Å². The summed E-state index contributed by atoms with van der Waals surface area (Å²) in [6.45, 7) is 15.1. The monoisotopic (exact) mass is 642 g/mol. The fraction of sp³-hybridized carbons (Fsp3) is 0.515. The van der Waals surface area contributed by atoms with Crippen LogP contribution in [0.1, 0.15) is 89.0 Å². The first-order valence-corrected chi connectivity index (χ1v) is 17.0. The van der Waals surface area contributed by atoms with Crippen LogP contribution in [0.15, 0.2) is 36.4 Å². The molecule has 1 aliphatic rings. The number of aromatic amines is 1. The molecule has 246 valence electrons. The van der Waals surface area contributed by atoms with Crippen molar-refractivity contribution in [3.63, 3.8) is 0 Å². The molecule has 45 heavy (non-hydrogen) atoms. The zero-order valence-corrected chi connectivity index (χ0v) is 28.5. The lowest BCUT2D eigenvalue weighted by Gasteiger charge is -2.36. The van der Waals surface area contributed by atoms with Crippen LogP contribution in [0.4, 0.5) is 16.2 Å². The van der Waals surface area contributed by atoms with Crippen LogP contribution in [-0.4, -0.2) is 68.5 Å². The van der Waals surface area contributed by atoms with Crippen molar-refractivity contribution in [3.8, 4) is 5.75 Å². The van der Waals surface area contributed by atoms with Gasteiger partial charge in [-0.25, -0.2) is 13.2 Å². The average Bonchev–Trinajstić information content (AvgIpc) is 3.35. The Bertz CT molecular complexity index is 1660. The molecule has 1 unspecified atom stereocenters. The van der Waals surface area contributed by atoms with Gasteiger partial charge < -0.3 is 24.5 Å². The Kier molecular flexibility index (Phi) is 9.79. The summed E-state index contributed by atoms with van der Waals surface area (Å²) in [6, 6.07) is 11.3. The van der Waals surface area contributed by atoms with Gasteiger partial charge in [0.15, 0.2) is 5.75 Å². The normalized spacial score (nSPS) is 15.8. The molecule has 1 aliphatic heterocycles. The lowest BCUT2D eigenvalue weighted by Crippen LogP contribution is -2.40. The zero-order chi connectivity index (χ0) is 33.3. The smallest absolute Gasteiger partial charge is 0.492 e. The van der Waals surface area contributed by atoms with Gasteiger partial charge in [0.1, 0.15) is 17.4 Å². The molecule has 11 nitrogen and oxygen atoms in total. The minimum absolute atomic E-state index is 0.0407. The Labute approximate surface area is 266 Å². The van der Waals surface area contributed by atoms with Crippen LogP contribution in [0.25, 0.3) is 10.9 Å². The van der Waals surface area contributed by atoms with E-state index >= 15 is 0 Å². The topological polar surface area (TPSA) is 139 Å². The number of amides is 1. The molecule has 0 bridgehead atoms. The summed E-state index contributed by atoms with van der Waals surface area (Å²) in [6.07, 6.45) is 1.63. The highest BCUT2D eigenvalue weighted by Crippen LogP contribution is 2.39. The minimum Gasteiger partial charge on any atom is -0.492 e. The Morgan fingerprint density at radius 1 is 1.02 bits per heavy atom. The first-order valence-electron chi connectivity index (χ1n) is 15.1. The van der Waals surface area contributed by atoms with Crippen LogP contribution >= 0.6 is 0 Å². The molecule has 0 radical (unpaired) electrons. The van der Waals surface area contributed by atoms with Crippen molar-refractivity contribution in [3.05, 3.63) is 53.2 Å². The number of anilines is 2. The number of hydrogen-bond acceptors (Lipinski definition) is 8. The summed E-state index contributed by atoms with van der Waals surface area (Å²) >= 11 is 0. The predicted octanol–water partition coefficient (Wildman–Crippen LogP) is 6.57. The summed E-state index contributed by atoms with van der Waals surface area (Å²) in [5.74, 6) is -0.175. The summed E-state index contributed by atoms with van der Waals surface area (Å²) < 4.78 is 43.1. The van der Waals surface area contributed by atoms with Gasteiger partial charge >= 0.3 is 6.16 Å². The highest BCUT2D eigenvalue weighted by atomic mass is 32.2. The Hall–Kier alpha value is -3.77. The van der Waals surface area contributed by atoms with Gasteiger partial charge in [0.2, 0.25) is 10.0 Å². The largest absolute Gasteiger partial charge is 0.509 e. The maximum atomic E-state index is 13.6. The fourth-order valence-corrected chi connectivity index (χ4v) is 6.03. The van der Waals surface area contributed by atoms with Gasteiger partial charge in [-0.2, -0.15) is 0 Å². The third-order valence-electron chi connectivity index (χ3n) is 7.76. The lowest BCUT2D eigenvalue weighted by molar-refractivity contribution is -0.0415. The predicted molar refractivity (Wildman–Crippen MR) is 177 cm³/mol. The fourth-order valence-electron chi connectivity index (χ4n) is 5.48. The number of fused-ring (bicyclic) bond motifs is 1. The number of nitrogens with zero attached hydrogens (tertiary/aromatic N) is 1. The molecule has 0 saturated carbocycles. The second kappa shape index (κ2) is 12.9. The van der Waals surface area contributed by atoms with Crippen LogP contribution in [0.3, 0.4) is 0 Å². The van der Waals surface area contributed by atoms with Gasteiger partial charge in [-0.1, -0.05) is 39.0 Å². The number of nitrogens with one attached hydrogen (secondary N) is 3. The molecule has 3 aromatic rings. The molecule has 2 heterocycles.